The number of hydrogen-bond donors (Lipinski definition) is 2. The van der Waals surface area contributed by atoms with E-state index in [0.717, 1.165) is 0 Å². The molecule has 2 rings (SSSR count). The molecule has 0 atom stereocenters. The van der Waals surface area contributed by atoms with Crippen molar-refractivity contribution in [3.05, 3.63) is 34.5 Å². The van der Waals surface area contributed by atoms with Crippen molar-refractivity contribution in [2.75, 3.05) is 20.8 Å². The number of fused-ring (bicyclic) bond motifs is 1. The van der Waals surface area contributed by atoms with Crippen LogP contribution in [0.4, 0.5) is 0 Å². The fourth-order valence-electron chi connectivity index (χ4n) is 2.49. The summed E-state index contributed by atoms with van der Waals surface area (Å²) in [5.41, 5.74) is 6.96. The predicted octanol–water partition coefficient (Wildman–Crippen LogP) is 1.38. The minimum absolute atomic E-state index is 0.00425. The zero-order valence-electron chi connectivity index (χ0n) is 13.6. The van der Waals surface area contributed by atoms with Gasteiger partial charge in [-0.3, -0.25) is 0 Å². The second-order valence-electron chi connectivity index (χ2n) is 4.83. The van der Waals surface area contributed by atoms with Crippen molar-refractivity contribution in [2.45, 2.75) is 13.5 Å². The highest BCUT2D eigenvalue weighted by molar-refractivity contribution is 6.11. The van der Waals surface area contributed by atoms with Gasteiger partial charge in [0.15, 0.2) is 0 Å². The van der Waals surface area contributed by atoms with Gasteiger partial charge in [-0.15, -0.1) is 0 Å². The van der Waals surface area contributed by atoms with E-state index in [2.05, 4.69) is 9.72 Å². The molecule has 3 N–H and O–H groups in total. The van der Waals surface area contributed by atoms with Gasteiger partial charge in [-0.25, -0.2) is 14.4 Å². The van der Waals surface area contributed by atoms with Crippen LogP contribution in [0.1, 0.15) is 43.7 Å². The first-order valence-corrected chi connectivity index (χ1v) is 7.20. The molecule has 0 saturated heterocycles. The molecule has 128 valence electrons. The van der Waals surface area contributed by atoms with Crippen molar-refractivity contribution in [1.29, 1.82) is 0 Å². The lowest BCUT2D eigenvalue weighted by atomic mass is 10.0. The number of ether oxygens (including phenoxy) is 3. The number of aromatic nitrogens is 1. The summed E-state index contributed by atoms with van der Waals surface area (Å²) in [6.07, 6.45) is 0. The van der Waals surface area contributed by atoms with Gasteiger partial charge in [-0.05, 0) is 19.1 Å². The van der Waals surface area contributed by atoms with E-state index >= 15 is 0 Å². The Bertz CT molecular complexity index is 808. The van der Waals surface area contributed by atoms with Gasteiger partial charge in [0.2, 0.25) is 0 Å². The number of nitrogens with one attached hydrogen (secondary N) is 1. The van der Waals surface area contributed by atoms with E-state index < -0.39 is 17.9 Å². The molecule has 8 nitrogen and oxygen atoms in total. The molecular weight excluding hydrogens is 316 g/mol. The van der Waals surface area contributed by atoms with E-state index in [-0.39, 0.29) is 30.0 Å². The zero-order chi connectivity index (χ0) is 17.9. The average Bonchev–Trinajstić information content (AvgIpc) is 2.98. The molecule has 24 heavy (non-hydrogen) atoms. The van der Waals surface area contributed by atoms with Crippen LogP contribution >= 0.6 is 0 Å². The van der Waals surface area contributed by atoms with Gasteiger partial charge in [0.25, 0.3) is 0 Å². The van der Waals surface area contributed by atoms with Crippen molar-refractivity contribution in [2.24, 2.45) is 5.73 Å². The van der Waals surface area contributed by atoms with Crippen LogP contribution in [0.15, 0.2) is 12.1 Å². The lowest BCUT2D eigenvalue weighted by Gasteiger charge is -2.07. The second-order valence-corrected chi connectivity index (χ2v) is 4.83. The molecule has 2 aromatic rings. The van der Waals surface area contributed by atoms with Crippen molar-refractivity contribution in [3.63, 3.8) is 0 Å². The largest absolute Gasteiger partial charge is 0.465 e. The van der Waals surface area contributed by atoms with Crippen LogP contribution in [0.2, 0.25) is 0 Å². The van der Waals surface area contributed by atoms with Gasteiger partial charge in [0.1, 0.15) is 5.69 Å². The molecular formula is C16H18N2O6. The minimum atomic E-state index is -0.658. The number of aromatic amines is 1. The molecule has 0 aliphatic rings. The highest BCUT2D eigenvalue weighted by Crippen LogP contribution is 2.29. The number of carbonyl (C=O) groups excluding carboxylic acids is 3. The zero-order valence-corrected chi connectivity index (χ0v) is 13.6. The first-order valence-electron chi connectivity index (χ1n) is 7.20. The third-order valence-electron chi connectivity index (χ3n) is 3.51. The molecule has 0 spiro atoms. The molecule has 0 amide bonds. The van der Waals surface area contributed by atoms with Gasteiger partial charge < -0.3 is 24.9 Å². The number of hydrogen-bond acceptors (Lipinski definition) is 7. The Morgan fingerprint density at radius 3 is 2.29 bits per heavy atom. The third-order valence-corrected chi connectivity index (χ3v) is 3.51. The summed E-state index contributed by atoms with van der Waals surface area (Å²) in [5, 5.41) is 0.417. The summed E-state index contributed by atoms with van der Waals surface area (Å²) in [4.78, 5) is 38.9. The highest BCUT2D eigenvalue weighted by Gasteiger charge is 2.24. The molecule has 1 aromatic heterocycles. The number of nitrogens with two attached hydrogens (primary N) is 1. The van der Waals surface area contributed by atoms with Gasteiger partial charge in [0.05, 0.1) is 32.0 Å². The number of rotatable bonds is 5. The molecule has 0 bridgehead atoms. The highest BCUT2D eigenvalue weighted by atomic mass is 16.5. The predicted molar refractivity (Wildman–Crippen MR) is 84.8 cm³/mol. The van der Waals surface area contributed by atoms with Crippen molar-refractivity contribution >= 4 is 28.8 Å². The Kier molecular flexibility index (Phi) is 5.20. The molecule has 8 heteroatoms. The first kappa shape index (κ1) is 17.5. The van der Waals surface area contributed by atoms with Crippen molar-refractivity contribution < 1.29 is 28.6 Å². The lowest BCUT2D eigenvalue weighted by molar-refractivity contribution is 0.0517. The molecule has 0 aliphatic carbocycles. The molecule has 0 fully saturated rings. The van der Waals surface area contributed by atoms with Crippen LogP contribution in [-0.2, 0) is 20.8 Å². The first-order chi connectivity index (χ1) is 11.5. The molecule has 1 aromatic carbocycles. The topological polar surface area (TPSA) is 121 Å². The number of carbonyl (C=O) groups is 3. The van der Waals surface area contributed by atoms with E-state index in [1.807, 2.05) is 0 Å². The van der Waals surface area contributed by atoms with Crippen LogP contribution in [0.25, 0.3) is 10.9 Å². The van der Waals surface area contributed by atoms with E-state index in [4.69, 9.17) is 15.2 Å². The van der Waals surface area contributed by atoms with E-state index in [9.17, 15) is 14.4 Å². The number of esters is 3. The summed E-state index contributed by atoms with van der Waals surface area (Å²) in [6.45, 7) is 1.86. The summed E-state index contributed by atoms with van der Waals surface area (Å²) in [5.74, 6) is -1.87. The Morgan fingerprint density at radius 2 is 1.75 bits per heavy atom. The SMILES string of the molecule is CCOC(=O)c1[nH]c2cc(C(=O)OC)cc(C(=O)OC)c2c1CN. The standard InChI is InChI=1S/C16H18N2O6/c1-4-24-16(21)13-10(7-17)12-9(15(20)23-3)5-8(14(19)22-2)6-11(12)18-13/h5-6,18H,4,7,17H2,1-3H3. The summed E-state index contributed by atoms with van der Waals surface area (Å²) >= 11 is 0. The van der Waals surface area contributed by atoms with Gasteiger partial charge >= 0.3 is 17.9 Å². The molecule has 0 radical (unpaired) electrons. The number of methoxy groups -OCH3 is 2. The molecule has 0 aliphatic heterocycles. The maximum atomic E-state index is 12.1. The van der Waals surface area contributed by atoms with Crippen LogP contribution in [0.3, 0.4) is 0 Å². The maximum Gasteiger partial charge on any atom is 0.355 e. The second kappa shape index (κ2) is 7.14. The Balaban J connectivity index is 2.80. The van der Waals surface area contributed by atoms with E-state index in [0.29, 0.717) is 16.5 Å². The Hall–Kier alpha value is -2.87. The number of benzene rings is 1. The van der Waals surface area contributed by atoms with E-state index in [1.54, 1.807) is 6.92 Å². The fourth-order valence-corrected chi connectivity index (χ4v) is 2.49. The summed E-state index contributed by atoms with van der Waals surface area (Å²) in [7, 11) is 2.45. The maximum absolute atomic E-state index is 12.1. The molecule has 0 unspecified atom stereocenters. The van der Waals surface area contributed by atoms with Crippen LogP contribution < -0.4 is 5.73 Å². The van der Waals surface area contributed by atoms with Gasteiger partial charge in [-0.1, -0.05) is 0 Å². The normalized spacial score (nSPS) is 10.5. The number of H-pyrrole nitrogens is 1. The summed E-state index contributed by atoms with van der Waals surface area (Å²) < 4.78 is 14.4. The van der Waals surface area contributed by atoms with E-state index in [1.165, 1.54) is 26.4 Å². The third kappa shape index (κ3) is 2.95. The minimum Gasteiger partial charge on any atom is -0.465 e. The van der Waals surface area contributed by atoms with Crippen LogP contribution in [-0.4, -0.2) is 43.7 Å². The van der Waals surface area contributed by atoms with Crippen LogP contribution in [0.5, 0.6) is 0 Å². The van der Waals surface area contributed by atoms with Gasteiger partial charge in [0, 0.05) is 23.0 Å². The molecule has 0 saturated carbocycles. The Labute approximate surface area is 137 Å². The van der Waals surface area contributed by atoms with Crippen LogP contribution in [0, 0.1) is 0 Å². The smallest absolute Gasteiger partial charge is 0.355 e. The van der Waals surface area contributed by atoms with Crippen molar-refractivity contribution in [3.8, 4) is 0 Å². The quantitative estimate of drug-likeness (QED) is 0.626. The summed E-state index contributed by atoms with van der Waals surface area (Å²) in [6, 6.07) is 2.83. The van der Waals surface area contributed by atoms with Crippen molar-refractivity contribution in [1.82, 2.24) is 4.98 Å². The lowest BCUT2D eigenvalue weighted by Crippen LogP contribution is -2.11. The average molecular weight is 334 g/mol. The monoisotopic (exact) mass is 334 g/mol. The molecule has 1 heterocycles. The fraction of sp³-hybridized carbons (Fsp3) is 0.312. The Morgan fingerprint density at radius 1 is 1.08 bits per heavy atom. The van der Waals surface area contributed by atoms with Gasteiger partial charge in [-0.2, -0.15) is 0 Å².